The van der Waals surface area contributed by atoms with E-state index in [0.29, 0.717) is 29.7 Å². The molecule has 1 unspecified atom stereocenters. The highest BCUT2D eigenvalue weighted by Crippen LogP contribution is 2.39. The highest BCUT2D eigenvalue weighted by molar-refractivity contribution is 6.73. The summed E-state index contributed by atoms with van der Waals surface area (Å²) < 4.78 is 36.1. The third-order valence-electron chi connectivity index (χ3n) is 8.26. The van der Waals surface area contributed by atoms with E-state index in [1.54, 1.807) is 26.2 Å². The lowest BCUT2D eigenvalue weighted by Gasteiger charge is -2.48. The van der Waals surface area contributed by atoms with Gasteiger partial charge in [0.2, 0.25) is 14.6 Å². The molecule has 5 atom stereocenters. The van der Waals surface area contributed by atoms with Gasteiger partial charge in [-0.2, -0.15) is 0 Å². The molecule has 0 radical (unpaired) electrons. The van der Waals surface area contributed by atoms with E-state index < -0.39 is 50.4 Å². The number of methoxy groups -OCH3 is 1. The van der Waals surface area contributed by atoms with Crippen LogP contribution in [0.25, 0.3) is 11.0 Å². The van der Waals surface area contributed by atoms with Gasteiger partial charge in [0.15, 0.2) is 18.5 Å². The fraction of sp³-hybridized carbons (Fsp3) is 0.690. The standard InChI is InChI=1S/C29H44O11Si/c1-8-41(9-2,10-3)40-39-25-26(38-37-23-13-11-12-16-33-23)28(36-29(5,6)27(25)32-7)34-21-15-14-19-20(30)17-22(31)35-24(19)18(21)4/h14-15,17,23,25-28,30H,8-13,16H2,1-7H3/t23?,25-,26+,27+,28+/m0/s1. The van der Waals surface area contributed by atoms with E-state index in [1.807, 2.05) is 13.8 Å². The van der Waals surface area contributed by atoms with Gasteiger partial charge in [0, 0.05) is 25.7 Å². The molecule has 3 heterocycles. The number of hydrogen-bond donors (Lipinski definition) is 1. The Morgan fingerprint density at radius 1 is 1.05 bits per heavy atom. The van der Waals surface area contributed by atoms with Crippen molar-refractivity contribution in [2.75, 3.05) is 13.7 Å². The largest absolute Gasteiger partial charge is 0.507 e. The Balaban J connectivity index is 1.69. The van der Waals surface area contributed by atoms with Crippen molar-refractivity contribution < 1.29 is 47.7 Å². The third kappa shape index (κ3) is 6.97. The van der Waals surface area contributed by atoms with E-state index in [9.17, 15) is 9.90 Å². The van der Waals surface area contributed by atoms with Crippen molar-refractivity contribution >= 4 is 19.3 Å². The predicted octanol–water partition coefficient (Wildman–Crippen LogP) is 5.50. The summed E-state index contributed by atoms with van der Waals surface area (Å²) >= 11 is 0. The van der Waals surface area contributed by atoms with E-state index in [2.05, 4.69) is 20.8 Å². The second-order valence-electron chi connectivity index (χ2n) is 11.2. The van der Waals surface area contributed by atoms with Crippen LogP contribution < -0.4 is 10.4 Å². The minimum atomic E-state index is -2.17. The maximum Gasteiger partial charge on any atom is 0.339 e. The number of ether oxygens (including phenoxy) is 4. The summed E-state index contributed by atoms with van der Waals surface area (Å²) in [5.74, 6) is 0.191. The van der Waals surface area contributed by atoms with Crippen molar-refractivity contribution in [2.24, 2.45) is 0 Å². The number of hydrogen-bond acceptors (Lipinski definition) is 11. The van der Waals surface area contributed by atoms with Crippen molar-refractivity contribution in [3.05, 3.63) is 34.2 Å². The maximum absolute atomic E-state index is 12.0. The molecular formula is C29H44O11Si. The molecule has 0 spiro atoms. The number of fused-ring (bicyclic) bond motifs is 1. The number of aryl methyl sites for hydroxylation is 1. The van der Waals surface area contributed by atoms with Crippen LogP contribution >= 0.6 is 0 Å². The summed E-state index contributed by atoms with van der Waals surface area (Å²) in [6.07, 6.45) is -1.34. The van der Waals surface area contributed by atoms with E-state index >= 15 is 0 Å². The molecule has 41 heavy (non-hydrogen) atoms. The lowest BCUT2D eigenvalue weighted by atomic mass is 9.89. The van der Waals surface area contributed by atoms with Crippen LogP contribution in [0.15, 0.2) is 27.4 Å². The molecule has 230 valence electrons. The molecule has 0 aliphatic carbocycles. The molecule has 2 aromatic rings. The zero-order valence-electron chi connectivity index (χ0n) is 25.1. The van der Waals surface area contributed by atoms with Gasteiger partial charge in [0.1, 0.15) is 23.2 Å². The Bertz CT molecular complexity index is 1200. The van der Waals surface area contributed by atoms with Crippen LogP contribution in [0.2, 0.25) is 18.1 Å². The minimum Gasteiger partial charge on any atom is -0.507 e. The first-order chi connectivity index (χ1) is 19.6. The van der Waals surface area contributed by atoms with Crippen LogP contribution in [-0.2, 0) is 33.5 Å². The van der Waals surface area contributed by atoms with E-state index in [1.165, 1.54) is 0 Å². The first-order valence-corrected chi connectivity index (χ1v) is 17.0. The van der Waals surface area contributed by atoms with Gasteiger partial charge in [-0.05, 0) is 63.9 Å². The molecule has 2 aliphatic rings. The quantitative estimate of drug-likeness (QED) is 0.144. The molecule has 2 fully saturated rings. The van der Waals surface area contributed by atoms with Crippen molar-refractivity contribution in [1.29, 1.82) is 0 Å². The Hall–Kier alpha value is -2.03. The monoisotopic (exact) mass is 596 g/mol. The lowest BCUT2D eigenvalue weighted by molar-refractivity contribution is -0.468. The number of benzene rings is 1. The van der Waals surface area contributed by atoms with Crippen LogP contribution in [0.3, 0.4) is 0 Å². The Labute approximate surface area is 241 Å². The summed E-state index contributed by atoms with van der Waals surface area (Å²) in [7, 11) is -0.583. The van der Waals surface area contributed by atoms with E-state index in [-0.39, 0.29) is 11.3 Å². The average molecular weight is 597 g/mol. The third-order valence-corrected chi connectivity index (χ3v) is 12.6. The first-order valence-electron chi connectivity index (χ1n) is 14.5. The fourth-order valence-electron chi connectivity index (χ4n) is 5.45. The molecule has 0 bridgehead atoms. The highest BCUT2D eigenvalue weighted by atomic mass is 28.4. The molecule has 0 amide bonds. The van der Waals surface area contributed by atoms with E-state index in [0.717, 1.165) is 37.0 Å². The van der Waals surface area contributed by atoms with Crippen LogP contribution in [0.1, 0.15) is 59.4 Å². The van der Waals surface area contributed by atoms with Gasteiger partial charge in [-0.3, -0.25) is 4.58 Å². The van der Waals surface area contributed by atoms with Gasteiger partial charge < -0.3 is 28.5 Å². The van der Waals surface area contributed by atoms with Crippen LogP contribution in [0, 0.1) is 6.92 Å². The second-order valence-corrected chi connectivity index (χ2v) is 15.9. The Kier molecular flexibility index (Phi) is 10.5. The average Bonchev–Trinajstić information content (AvgIpc) is 2.95. The Morgan fingerprint density at radius 3 is 2.41 bits per heavy atom. The van der Waals surface area contributed by atoms with Gasteiger partial charge in [0.25, 0.3) is 0 Å². The molecule has 11 nitrogen and oxygen atoms in total. The molecule has 0 saturated carbocycles. The van der Waals surface area contributed by atoms with Crippen LogP contribution in [0.5, 0.6) is 11.5 Å². The molecule has 4 rings (SSSR count). The molecule has 1 N–H and O–H groups in total. The zero-order valence-corrected chi connectivity index (χ0v) is 26.1. The minimum absolute atomic E-state index is 0.174. The number of aromatic hydroxyl groups is 1. The van der Waals surface area contributed by atoms with Crippen molar-refractivity contribution in [3.63, 3.8) is 0 Å². The highest BCUT2D eigenvalue weighted by Gasteiger charge is 2.55. The summed E-state index contributed by atoms with van der Waals surface area (Å²) in [6.45, 7) is 12.4. The normalized spacial score (nSPS) is 26.8. The van der Waals surface area contributed by atoms with Crippen molar-refractivity contribution in [2.45, 2.75) is 115 Å². The summed E-state index contributed by atoms with van der Waals surface area (Å²) in [6, 6.07) is 6.98. The van der Waals surface area contributed by atoms with Crippen molar-refractivity contribution in [1.82, 2.24) is 0 Å². The predicted molar refractivity (Wildman–Crippen MR) is 152 cm³/mol. The molecule has 12 heteroatoms. The Morgan fingerprint density at radius 2 is 1.78 bits per heavy atom. The fourth-order valence-corrected chi connectivity index (χ4v) is 7.62. The molecule has 1 aromatic heterocycles. The van der Waals surface area contributed by atoms with Gasteiger partial charge in [-0.15, -0.1) is 0 Å². The topological polar surface area (TPSA) is 124 Å². The lowest BCUT2D eigenvalue weighted by Crippen LogP contribution is -2.66. The van der Waals surface area contributed by atoms with Crippen molar-refractivity contribution in [3.8, 4) is 11.5 Å². The summed E-state index contributed by atoms with van der Waals surface area (Å²) in [5.41, 5.74) is -0.845. The summed E-state index contributed by atoms with van der Waals surface area (Å²) in [5, 5.41) is 10.6. The summed E-state index contributed by atoms with van der Waals surface area (Å²) in [4.78, 5) is 30.0. The smallest absolute Gasteiger partial charge is 0.339 e. The van der Waals surface area contributed by atoms with Gasteiger partial charge in [-0.25, -0.2) is 19.5 Å². The maximum atomic E-state index is 12.0. The van der Waals surface area contributed by atoms with Gasteiger partial charge in [-0.1, -0.05) is 20.8 Å². The van der Waals surface area contributed by atoms with Crippen LogP contribution in [0.4, 0.5) is 0 Å². The number of rotatable bonds is 12. The second kappa shape index (κ2) is 13.5. The van der Waals surface area contributed by atoms with Gasteiger partial charge >= 0.3 is 5.63 Å². The van der Waals surface area contributed by atoms with E-state index in [4.69, 9.17) is 42.6 Å². The molecule has 2 aliphatic heterocycles. The molecular weight excluding hydrogens is 552 g/mol. The SMILES string of the molecule is CC[Si](CC)(CC)OO[C@H]1[C@@H](OOC2CCCCO2)[C@H](Oc2ccc3c(O)cc(=O)oc3c2C)OC(C)(C)[C@@H]1OC. The first kappa shape index (κ1) is 31.9. The zero-order chi connectivity index (χ0) is 29.8. The molecule has 1 aromatic carbocycles. The molecule has 2 saturated heterocycles. The van der Waals surface area contributed by atoms with Gasteiger partial charge in [0.05, 0.1) is 17.1 Å². The van der Waals surface area contributed by atoms with Crippen LogP contribution in [-0.4, -0.2) is 63.6 Å².